The highest BCUT2D eigenvalue weighted by Gasteiger charge is 2.16. The number of nitrogens with zero attached hydrogens (tertiary/aromatic N) is 2. The Bertz CT molecular complexity index is 626. The van der Waals surface area contributed by atoms with Crippen molar-refractivity contribution in [2.45, 2.75) is 12.4 Å². The molecule has 1 N–H and O–H groups in total. The van der Waals surface area contributed by atoms with Crippen LogP contribution in [-0.4, -0.2) is 35.4 Å². The monoisotopic (exact) mass is 321 g/mol. The predicted octanol–water partition coefficient (Wildman–Crippen LogP) is 2.48. The molecule has 6 heteroatoms. The Kier molecular flexibility index (Phi) is 4.53. The number of hydrogen-bond acceptors (Lipinski definition) is 4. The third-order valence-electron chi connectivity index (χ3n) is 3.41. The highest BCUT2D eigenvalue weighted by Crippen LogP contribution is 2.24. The van der Waals surface area contributed by atoms with E-state index >= 15 is 0 Å². The maximum Gasteiger partial charge on any atom is 0.234 e. The van der Waals surface area contributed by atoms with E-state index in [4.69, 9.17) is 11.6 Å². The molecular formula is C15H16ClN3OS. The van der Waals surface area contributed by atoms with E-state index in [1.165, 1.54) is 5.56 Å². The van der Waals surface area contributed by atoms with Gasteiger partial charge in [-0.05, 0) is 5.56 Å². The molecule has 0 saturated carbocycles. The van der Waals surface area contributed by atoms with Gasteiger partial charge in [0, 0.05) is 30.6 Å². The smallest absolute Gasteiger partial charge is 0.234 e. The first-order valence-electron chi connectivity index (χ1n) is 6.83. The number of thiazole rings is 1. The van der Waals surface area contributed by atoms with Crippen LogP contribution in [0.1, 0.15) is 11.3 Å². The van der Waals surface area contributed by atoms with Gasteiger partial charge in [0.1, 0.15) is 5.01 Å². The zero-order chi connectivity index (χ0) is 14.7. The zero-order valence-electron chi connectivity index (χ0n) is 11.5. The molecule has 21 heavy (non-hydrogen) atoms. The van der Waals surface area contributed by atoms with Crippen LogP contribution in [0, 0.1) is 0 Å². The summed E-state index contributed by atoms with van der Waals surface area (Å²) in [6.07, 6.45) is 0. The molecule has 2 heterocycles. The van der Waals surface area contributed by atoms with E-state index in [0.717, 1.165) is 35.9 Å². The van der Waals surface area contributed by atoms with E-state index in [2.05, 4.69) is 39.5 Å². The van der Waals surface area contributed by atoms with Gasteiger partial charge in [0.15, 0.2) is 0 Å². The normalized spacial score (nSPS) is 16.0. The maximum atomic E-state index is 11.4. The Hall–Kier alpha value is -1.43. The summed E-state index contributed by atoms with van der Waals surface area (Å²) in [5.41, 5.74) is 3.24. The minimum Gasteiger partial charge on any atom is -0.354 e. The predicted molar refractivity (Wildman–Crippen MR) is 85.4 cm³/mol. The van der Waals surface area contributed by atoms with Gasteiger partial charge in [-0.2, -0.15) is 0 Å². The van der Waals surface area contributed by atoms with Crippen LogP contribution < -0.4 is 5.32 Å². The number of carbonyl (C=O) groups is 1. The van der Waals surface area contributed by atoms with E-state index in [9.17, 15) is 4.79 Å². The van der Waals surface area contributed by atoms with Gasteiger partial charge in [0.25, 0.3) is 0 Å². The second-order valence-corrected chi connectivity index (χ2v) is 6.16. The van der Waals surface area contributed by atoms with Crippen molar-refractivity contribution in [2.24, 2.45) is 0 Å². The maximum absolute atomic E-state index is 11.4. The topological polar surface area (TPSA) is 45.2 Å². The van der Waals surface area contributed by atoms with E-state index in [1.54, 1.807) is 11.3 Å². The van der Waals surface area contributed by atoms with Crippen molar-refractivity contribution >= 4 is 28.8 Å². The lowest BCUT2D eigenvalue weighted by Crippen LogP contribution is -2.47. The van der Waals surface area contributed by atoms with Crippen molar-refractivity contribution in [2.75, 3.05) is 19.6 Å². The molecule has 1 aromatic heterocycles. The van der Waals surface area contributed by atoms with Crippen molar-refractivity contribution in [1.82, 2.24) is 15.2 Å². The molecule has 0 atom stereocenters. The number of piperazine rings is 1. The van der Waals surface area contributed by atoms with Crippen LogP contribution in [0.3, 0.4) is 0 Å². The lowest BCUT2D eigenvalue weighted by Gasteiger charge is -2.26. The standard InChI is InChI=1S/C15H16ClN3OS/c16-7-13-10-21-15(18-13)12-3-1-11(2-4-12)8-19-6-5-17-14(20)9-19/h1-4,10H,5-9H2,(H,17,20). The molecule has 0 bridgehead atoms. The minimum atomic E-state index is 0.106. The second kappa shape index (κ2) is 6.56. The van der Waals surface area contributed by atoms with Crippen LogP contribution in [0.4, 0.5) is 0 Å². The second-order valence-electron chi connectivity index (χ2n) is 5.04. The fourth-order valence-corrected chi connectivity index (χ4v) is 3.39. The van der Waals surface area contributed by atoms with Crippen molar-refractivity contribution in [1.29, 1.82) is 0 Å². The van der Waals surface area contributed by atoms with Gasteiger partial charge in [-0.3, -0.25) is 9.69 Å². The van der Waals surface area contributed by atoms with Crippen molar-refractivity contribution < 1.29 is 4.79 Å². The summed E-state index contributed by atoms with van der Waals surface area (Å²) in [6, 6.07) is 8.36. The number of hydrogen-bond donors (Lipinski definition) is 1. The van der Waals surface area contributed by atoms with E-state index < -0.39 is 0 Å². The lowest BCUT2D eigenvalue weighted by molar-refractivity contribution is -0.124. The van der Waals surface area contributed by atoms with Crippen molar-refractivity contribution in [3.8, 4) is 10.6 Å². The molecule has 2 aromatic rings. The summed E-state index contributed by atoms with van der Waals surface area (Å²) in [5, 5.41) is 5.82. The summed E-state index contributed by atoms with van der Waals surface area (Å²) in [5.74, 6) is 0.556. The third kappa shape index (κ3) is 3.61. The lowest BCUT2D eigenvalue weighted by atomic mass is 10.1. The molecule has 110 valence electrons. The molecule has 1 aliphatic heterocycles. The van der Waals surface area contributed by atoms with E-state index in [1.807, 2.05) is 5.38 Å². The number of amides is 1. The number of carbonyl (C=O) groups excluding carboxylic acids is 1. The van der Waals surface area contributed by atoms with Gasteiger partial charge in [0.2, 0.25) is 5.91 Å². The van der Waals surface area contributed by atoms with Crippen LogP contribution in [0.25, 0.3) is 10.6 Å². The van der Waals surface area contributed by atoms with Gasteiger partial charge in [-0.15, -0.1) is 22.9 Å². The van der Waals surface area contributed by atoms with Crippen molar-refractivity contribution in [3.05, 3.63) is 40.9 Å². The van der Waals surface area contributed by atoms with Gasteiger partial charge in [-0.25, -0.2) is 4.98 Å². The molecule has 1 saturated heterocycles. The molecule has 4 nitrogen and oxygen atoms in total. The number of aromatic nitrogens is 1. The first-order chi connectivity index (χ1) is 10.2. The molecule has 1 aromatic carbocycles. The average Bonchev–Trinajstić information content (AvgIpc) is 2.97. The van der Waals surface area contributed by atoms with Gasteiger partial charge in [-0.1, -0.05) is 24.3 Å². The van der Waals surface area contributed by atoms with Gasteiger partial charge < -0.3 is 5.32 Å². The third-order valence-corrected chi connectivity index (χ3v) is 4.63. The Morgan fingerprint density at radius 1 is 1.33 bits per heavy atom. The number of benzene rings is 1. The van der Waals surface area contributed by atoms with Crippen LogP contribution >= 0.6 is 22.9 Å². The number of halogens is 1. The van der Waals surface area contributed by atoms with Crippen LogP contribution in [0.5, 0.6) is 0 Å². The minimum absolute atomic E-state index is 0.106. The fourth-order valence-electron chi connectivity index (χ4n) is 2.34. The highest BCUT2D eigenvalue weighted by atomic mass is 35.5. The Morgan fingerprint density at radius 2 is 2.14 bits per heavy atom. The van der Waals surface area contributed by atoms with Gasteiger partial charge in [0.05, 0.1) is 18.1 Å². The largest absolute Gasteiger partial charge is 0.354 e. The molecule has 1 fully saturated rings. The average molecular weight is 322 g/mol. The van der Waals surface area contributed by atoms with Crippen LogP contribution in [0.15, 0.2) is 29.6 Å². The van der Waals surface area contributed by atoms with Crippen molar-refractivity contribution in [3.63, 3.8) is 0 Å². The van der Waals surface area contributed by atoms with E-state index in [0.29, 0.717) is 12.4 Å². The summed E-state index contributed by atoms with van der Waals surface area (Å²) in [6.45, 7) is 2.92. The molecule has 0 radical (unpaired) electrons. The summed E-state index contributed by atoms with van der Waals surface area (Å²) >= 11 is 7.39. The SMILES string of the molecule is O=C1CN(Cc2ccc(-c3nc(CCl)cs3)cc2)CCN1. The number of nitrogens with one attached hydrogen (secondary N) is 1. The highest BCUT2D eigenvalue weighted by molar-refractivity contribution is 7.13. The summed E-state index contributed by atoms with van der Waals surface area (Å²) in [4.78, 5) is 18.0. The number of rotatable bonds is 4. The first kappa shape index (κ1) is 14.5. The quantitative estimate of drug-likeness (QED) is 0.880. The Labute approximate surface area is 132 Å². The molecule has 0 unspecified atom stereocenters. The molecular weight excluding hydrogens is 306 g/mol. The van der Waals surface area contributed by atoms with Crippen LogP contribution in [0.2, 0.25) is 0 Å². The van der Waals surface area contributed by atoms with Gasteiger partial charge >= 0.3 is 0 Å². The van der Waals surface area contributed by atoms with Crippen LogP contribution in [-0.2, 0) is 17.2 Å². The zero-order valence-corrected chi connectivity index (χ0v) is 13.1. The molecule has 1 aliphatic rings. The summed E-state index contributed by atoms with van der Waals surface area (Å²) < 4.78 is 0. The van der Waals surface area contributed by atoms with E-state index in [-0.39, 0.29) is 5.91 Å². The molecule has 0 aliphatic carbocycles. The Morgan fingerprint density at radius 3 is 2.81 bits per heavy atom. The molecule has 1 amide bonds. The Balaban J connectivity index is 1.67. The molecule has 3 rings (SSSR count). The number of alkyl halides is 1. The fraction of sp³-hybridized carbons (Fsp3) is 0.333. The first-order valence-corrected chi connectivity index (χ1v) is 8.25. The summed E-state index contributed by atoms with van der Waals surface area (Å²) in [7, 11) is 0. The molecule has 0 spiro atoms.